The number of halogens is 2. The van der Waals surface area contributed by atoms with Gasteiger partial charge in [0.1, 0.15) is 12.4 Å². The Morgan fingerprint density at radius 1 is 1.12 bits per heavy atom. The van der Waals surface area contributed by atoms with Gasteiger partial charge in [0.25, 0.3) is 11.8 Å². The van der Waals surface area contributed by atoms with E-state index in [1.54, 1.807) is 42.5 Å². The van der Waals surface area contributed by atoms with Crippen molar-refractivity contribution in [3.8, 4) is 5.75 Å². The molecule has 0 radical (unpaired) electrons. The molecule has 3 rings (SSSR count). The van der Waals surface area contributed by atoms with Gasteiger partial charge in [-0.2, -0.15) is 0 Å². The van der Waals surface area contributed by atoms with E-state index in [2.05, 4.69) is 10.6 Å². The molecule has 1 aliphatic heterocycles. The molecule has 0 aliphatic carbocycles. The Labute approximate surface area is 209 Å². The van der Waals surface area contributed by atoms with E-state index in [1.807, 2.05) is 13.8 Å². The van der Waals surface area contributed by atoms with E-state index < -0.39 is 0 Å². The Kier molecular flexibility index (Phi) is 9.19. The van der Waals surface area contributed by atoms with Gasteiger partial charge in [-0.15, -0.1) is 0 Å². The highest BCUT2D eigenvalue weighted by atomic mass is 35.5. The van der Waals surface area contributed by atoms with Crippen LogP contribution in [0.4, 0.5) is 0 Å². The van der Waals surface area contributed by atoms with Gasteiger partial charge in [0, 0.05) is 18.1 Å². The molecule has 0 fully saturated rings. The number of amides is 3. The fourth-order valence-corrected chi connectivity index (χ4v) is 3.98. The van der Waals surface area contributed by atoms with Gasteiger partial charge in [-0.05, 0) is 49.1 Å². The third kappa shape index (κ3) is 6.87. The van der Waals surface area contributed by atoms with E-state index in [1.165, 1.54) is 4.90 Å². The maximum atomic E-state index is 13.2. The average Bonchev–Trinajstić information content (AvgIpc) is 2.80. The van der Waals surface area contributed by atoms with Crippen LogP contribution in [0.15, 0.2) is 42.5 Å². The third-order valence-corrected chi connectivity index (χ3v) is 6.19. The van der Waals surface area contributed by atoms with Crippen molar-refractivity contribution >= 4 is 40.9 Å². The lowest BCUT2D eigenvalue weighted by atomic mass is 10.1. The molecule has 7 nitrogen and oxygen atoms in total. The van der Waals surface area contributed by atoms with E-state index in [-0.39, 0.29) is 42.8 Å². The molecule has 1 atom stereocenters. The summed E-state index contributed by atoms with van der Waals surface area (Å²) in [4.78, 5) is 40.3. The summed E-state index contributed by atoms with van der Waals surface area (Å²) < 4.78 is 5.94. The highest BCUT2D eigenvalue weighted by Gasteiger charge is 2.24. The molecule has 0 spiro atoms. The molecule has 1 heterocycles. The summed E-state index contributed by atoms with van der Waals surface area (Å²) in [6, 6.07) is 11.3. The minimum absolute atomic E-state index is 0.0527. The van der Waals surface area contributed by atoms with Crippen LogP contribution in [-0.4, -0.2) is 54.9 Å². The molecule has 2 aromatic carbocycles. The van der Waals surface area contributed by atoms with Gasteiger partial charge in [-0.1, -0.05) is 49.2 Å². The highest BCUT2D eigenvalue weighted by molar-refractivity contribution is 6.33. The molecule has 2 N–H and O–H groups in total. The van der Waals surface area contributed by atoms with E-state index >= 15 is 0 Å². The van der Waals surface area contributed by atoms with Gasteiger partial charge in [0.2, 0.25) is 5.91 Å². The third-order valence-electron chi connectivity index (χ3n) is 5.62. The van der Waals surface area contributed by atoms with E-state index in [0.717, 1.165) is 0 Å². The Hall–Kier alpha value is -2.77. The minimum atomic E-state index is -0.332. The molecule has 0 unspecified atom stereocenters. The second kappa shape index (κ2) is 12.1. The Balaban J connectivity index is 1.83. The second-order valence-corrected chi connectivity index (χ2v) is 9.38. The first kappa shape index (κ1) is 25.8. The number of carbonyl (C=O) groups is 3. The van der Waals surface area contributed by atoms with Gasteiger partial charge in [-0.25, -0.2) is 0 Å². The summed E-state index contributed by atoms with van der Waals surface area (Å²) in [6.07, 6.45) is 1.21. The summed E-state index contributed by atoms with van der Waals surface area (Å²) in [7, 11) is 0. The number of hydrogen-bond donors (Lipinski definition) is 2. The van der Waals surface area contributed by atoms with E-state index in [0.29, 0.717) is 52.9 Å². The first-order valence-corrected chi connectivity index (χ1v) is 12.1. The number of ether oxygens (including phenoxy) is 1. The van der Waals surface area contributed by atoms with Gasteiger partial charge in [0.15, 0.2) is 0 Å². The molecule has 0 saturated carbocycles. The van der Waals surface area contributed by atoms with Crippen LogP contribution in [0.25, 0.3) is 0 Å². The molecular formula is C25H29Cl2N3O4. The zero-order chi connectivity index (χ0) is 24.7. The number of rotatable bonds is 2. The van der Waals surface area contributed by atoms with Crippen LogP contribution in [0.5, 0.6) is 5.75 Å². The zero-order valence-electron chi connectivity index (χ0n) is 19.3. The number of fused-ring (bicyclic) bond motifs is 1. The standard InChI is InChI=1S/C25H29Cl2N3O4/c1-16(2)21-15-34-22-10-9-17(26)13-19(22)24(32)28-11-5-6-12-30(14-23(31)29-21)25(33)18-7-3-4-8-20(18)27/h3-4,7-10,13,16,21H,5-6,11-12,14-15H2,1-2H3,(H,28,32)(H,29,31)/t21-/m0/s1. The molecule has 34 heavy (non-hydrogen) atoms. The number of nitrogens with zero attached hydrogens (tertiary/aromatic N) is 1. The zero-order valence-corrected chi connectivity index (χ0v) is 20.8. The van der Waals surface area contributed by atoms with Gasteiger partial charge < -0.3 is 20.3 Å². The van der Waals surface area contributed by atoms with Crippen LogP contribution in [0.3, 0.4) is 0 Å². The smallest absolute Gasteiger partial charge is 0.255 e. The summed E-state index contributed by atoms with van der Waals surface area (Å²) in [6.45, 7) is 4.73. The maximum absolute atomic E-state index is 13.2. The predicted molar refractivity (Wildman–Crippen MR) is 133 cm³/mol. The minimum Gasteiger partial charge on any atom is -0.491 e. The number of hydrogen-bond acceptors (Lipinski definition) is 4. The molecule has 9 heteroatoms. The Morgan fingerprint density at radius 3 is 2.62 bits per heavy atom. The van der Waals surface area contributed by atoms with Crippen molar-refractivity contribution in [1.29, 1.82) is 0 Å². The first-order valence-electron chi connectivity index (χ1n) is 11.3. The average molecular weight is 506 g/mol. The fourth-order valence-electron chi connectivity index (χ4n) is 3.59. The quantitative estimate of drug-likeness (QED) is 0.640. The summed E-state index contributed by atoms with van der Waals surface area (Å²) in [5.74, 6) is -0.442. The van der Waals surface area contributed by atoms with Crippen LogP contribution in [0.1, 0.15) is 47.4 Å². The lowest BCUT2D eigenvalue weighted by Crippen LogP contribution is -2.48. The Morgan fingerprint density at radius 2 is 1.88 bits per heavy atom. The predicted octanol–water partition coefficient (Wildman–Crippen LogP) is 4.18. The molecule has 182 valence electrons. The van der Waals surface area contributed by atoms with Gasteiger partial charge >= 0.3 is 0 Å². The van der Waals surface area contributed by atoms with E-state index in [4.69, 9.17) is 27.9 Å². The molecule has 0 aromatic heterocycles. The van der Waals surface area contributed by atoms with Crippen molar-refractivity contribution in [2.24, 2.45) is 5.92 Å². The van der Waals surface area contributed by atoms with Crippen molar-refractivity contribution in [2.75, 3.05) is 26.2 Å². The number of benzene rings is 2. The lowest BCUT2D eigenvalue weighted by Gasteiger charge is -2.26. The Bertz CT molecular complexity index is 1040. The topological polar surface area (TPSA) is 87.7 Å². The van der Waals surface area contributed by atoms with Crippen LogP contribution >= 0.6 is 23.2 Å². The van der Waals surface area contributed by atoms with Crippen LogP contribution in [0.2, 0.25) is 10.0 Å². The van der Waals surface area contributed by atoms with E-state index in [9.17, 15) is 14.4 Å². The SMILES string of the molecule is CC(C)[C@@H]1COc2ccc(Cl)cc2C(=O)NCCCCN(C(=O)c2ccccc2Cl)CC(=O)N1. The largest absolute Gasteiger partial charge is 0.491 e. The maximum Gasteiger partial charge on any atom is 0.255 e. The van der Waals surface area contributed by atoms with Crippen LogP contribution < -0.4 is 15.4 Å². The monoisotopic (exact) mass is 505 g/mol. The van der Waals surface area contributed by atoms with Crippen molar-refractivity contribution < 1.29 is 19.1 Å². The lowest BCUT2D eigenvalue weighted by molar-refractivity contribution is -0.123. The van der Waals surface area contributed by atoms with Crippen molar-refractivity contribution in [2.45, 2.75) is 32.7 Å². The summed E-state index contributed by atoms with van der Waals surface area (Å²) in [5, 5.41) is 6.61. The molecule has 2 aromatic rings. The van der Waals surface area contributed by atoms with Crippen molar-refractivity contribution in [1.82, 2.24) is 15.5 Å². The van der Waals surface area contributed by atoms with Gasteiger partial charge in [0.05, 0.1) is 28.7 Å². The van der Waals surface area contributed by atoms with Crippen LogP contribution in [-0.2, 0) is 4.79 Å². The molecular weight excluding hydrogens is 477 g/mol. The molecule has 1 aliphatic rings. The molecule has 3 amide bonds. The number of nitrogens with one attached hydrogen (secondary N) is 2. The fraction of sp³-hybridized carbons (Fsp3) is 0.400. The molecule has 0 bridgehead atoms. The van der Waals surface area contributed by atoms with Crippen molar-refractivity contribution in [3.05, 3.63) is 63.6 Å². The van der Waals surface area contributed by atoms with Gasteiger partial charge in [-0.3, -0.25) is 14.4 Å². The normalized spacial score (nSPS) is 18.1. The van der Waals surface area contributed by atoms with Crippen molar-refractivity contribution in [3.63, 3.8) is 0 Å². The summed E-state index contributed by atoms with van der Waals surface area (Å²) >= 11 is 12.3. The summed E-state index contributed by atoms with van der Waals surface area (Å²) in [5.41, 5.74) is 0.686. The van der Waals surface area contributed by atoms with Crippen LogP contribution in [0, 0.1) is 5.92 Å². The first-order chi connectivity index (χ1) is 16.3. The highest BCUT2D eigenvalue weighted by Crippen LogP contribution is 2.24. The second-order valence-electron chi connectivity index (χ2n) is 8.54. The molecule has 0 saturated heterocycles. The number of carbonyl (C=O) groups excluding carboxylic acids is 3.